The number of aromatic carboxylic acids is 1. The zero-order valence-corrected chi connectivity index (χ0v) is 16.6. The summed E-state index contributed by atoms with van der Waals surface area (Å²) in [6.07, 6.45) is -0.535. The Morgan fingerprint density at radius 2 is 1.86 bits per heavy atom. The Morgan fingerprint density at radius 3 is 2.46 bits per heavy atom. The third-order valence-electron chi connectivity index (χ3n) is 4.77. The Balaban J connectivity index is 1.78. The number of hydrogen-bond acceptors (Lipinski definition) is 6. The number of aromatic nitrogens is 2. The lowest BCUT2D eigenvalue weighted by Gasteiger charge is -2.36. The van der Waals surface area contributed by atoms with E-state index in [4.69, 9.17) is 16.7 Å². The van der Waals surface area contributed by atoms with Crippen molar-refractivity contribution in [2.75, 3.05) is 31.1 Å². The van der Waals surface area contributed by atoms with Gasteiger partial charge in [-0.05, 0) is 42.1 Å². The number of carboxylic acids is 1. The van der Waals surface area contributed by atoms with Crippen LogP contribution < -0.4 is 4.90 Å². The molecule has 0 saturated carbocycles. The lowest BCUT2D eigenvalue weighted by molar-refractivity contribution is -0.141. The van der Waals surface area contributed by atoms with Crippen LogP contribution in [-0.2, 0) is 4.79 Å². The number of aliphatic hydroxyl groups is 1. The number of carboxylic acid groups (broad SMARTS) is 1. The predicted molar refractivity (Wildman–Crippen MR) is 106 cm³/mol. The molecule has 0 unspecified atom stereocenters. The number of anilines is 1. The third-order valence-corrected chi connectivity index (χ3v) is 4.94. The number of halogens is 1. The number of benzene rings is 1. The van der Waals surface area contributed by atoms with Crippen molar-refractivity contribution in [3.05, 3.63) is 29.0 Å². The molecule has 1 aromatic carbocycles. The zero-order chi connectivity index (χ0) is 20.4. The molecule has 2 aromatic rings. The average Bonchev–Trinajstić information content (AvgIpc) is 2.65. The molecule has 9 heteroatoms. The molecule has 1 saturated heterocycles. The summed E-state index contributed by atoms with van der Waals surface area (Å²) in [4.78, 5) is 35.7. The second-order valence-electron chi connectivity index (χ2n) is 7.31. The molecule has 1 aromatic heterocycles. The second kappa shape index (κ2) is 8.28. The highest BCUT2D eigenvalue weighted by atomic mass is 35.5. The molecule has 0 bridgehead atoms. The quantitative estimate of drug-likeness (QED) is 0.731. The fourth-order valence-electron chi connectivity index (χ4n) is 3.36. The van der Waals surface area contributed by atoms with E-state index in [0.717, 1.165) is 0 Å². The zero-order valence-electron chi connectivity index (χ0n) is 15.8. The van der Waals surface area contributed by atoms with Crippen LogP contribution >= 0.6 is 11.6 Å². The highest BCUT2D eigenvalue weighted by Gasteiger charge is 2.28. The monoisotopic (exact) mass is 406 g/mol. The summed E-state index contributed by atoms with van der Waals surface area (Å²) >= 11 is 6.05. The Hall–Kier alpha value is -2.45. The molecule has 150 valence electrons. The van der Waals surface area contributed by atoms with Gasteiger partial charge in [-0.3, -0.25) is 4.79 Å². The Labute approximate surface area is 167 Å². The maximum atomic E-state index is 12.4. The topological polar surface area (TPSA) is 107 Å². The fraction of sp³-hybridized carbons (Fsp3) is 0.474. The van der Waals surface area contributed by atoms with Gasteiger partial charge in [0.2, 0.25) is 5.28 Å². The van der Waals surface area contributed by atoms with Crippen molar-refractivity contribution >= 4 is 40.2 Å². The first-order valence-electron chi connectivity index (χ1n) is 9.18. The van der Waals surface area contributed by atoms with Gasteiger partial charge >= 0.3 is 5.97 Å². The second-order valence-corrected chi connectivity index (χ2v) is 7.65. The fourth-order valence-corrected chi connectivity index (χ4v) is 3.53. The van der Waals surface area contributed by atoms with Gasteiger partial charge in [-0.25, -0.2) is 9.78 Å². The SMILES string of the molecule is CC(C)C[C@@H](O)C(=O)N1CCN(c2nc(Cl)nc3cc(C(=O)O)ccc23)CC1. The van der Waals surface area contributed by atoms with Gasteiger partial charge in [0.15, 0.2) is 0 Å². The number of aliphatic hydroxyl groups excluding tert-OH is 1. The van der Waals surface area contributed by atoms with Gasteiger partial charge in [-0.15, -0.1) is 0 Å². The number of carbonyl (C=O) groups is 2. The third kappa shape index (κ3) is 4.34. The minimum absolute atomic E-state index is 0.0379. The molecule has 28 heavy (non-hydrogen) atoms. The Bertz CT molecular complexity index is 897. The summed E-state index contributed by atoms with van der Waals surface area (Å²) in [6.45, 7) is 5.92. The minimum Gasteiger partial charge on any atom is -0.478 e. The Kier molecular flexibility index (Phi) is 6.00. The van der Waals surface area contributed by atoms with Crippen molar-refractivity contribution < 1.29 is 19.8 Å². The van der Waals surface area contributed by atoms with E-state index in [9.17, 15) is 14.7 Å². The molecular formula is C19H23ClN4O4. The minimum atomic E-state index is -1.04. The highest BCUT2D eigenvalue weighted by Crippen LogP contribution is 2.27. The van der Waals surface area contributed by atoms with Crippen molar-refractivity contribution in [3.8, 4) is 0 Å². The van der Waals surface area contributed by atoms with Crippen molar-refractivity contribution in [2.45, 2.75) is 26.4 Å². The van der Waals surface area contributed by atoms with Crippen molar-refractivity contribution in [3.63, 3.8) is 0 Å². The number of nitrogens with zero attached hydrogens (tertiary/aromatic N) is 4. The average molecular weight is 407 g/mol. The molecule has 0 aliphatic carbocycles. The van der Waals surface area contributed by atoms with E-state index in [0.29, 0.717) is 49.3 Å². The molecule has 0 radical (unpaired) electrons. The van der Waals surface area contributed by atoms with Crippen LogP contribution in [-0.4, -0.2) is 69.2 Å². The molecule has 1 aliphatic heterocycles. The first kappa shape index (κ1) is 20.3. The standard InChI is InChI=1S/C19H23ClN4O4/c1-11(2)9-15(25)17(26)24-7-5-23(6-8-24)16-13-4-3-12(18(27)28)10-14(13)21-19(20)22-16/h3-4,10-11,15,25H,5-9H2,1-2H3,(H,27,28)/t15-/m1/s1. The molecular weight excluding hydrogens is 384 g/mol. The maximum Gasteiger partial charge on any atom is 0.335 e. The van der Waals surface area contributed by atoms with Crippen LogP contribution in [0.1, 0.15) is 30.6 Å². The van der Waals surface area contributed by atoms with Crippen LogP contribution in [0.4, 0.5) is 5.82 Å². The van der Waals surface area contributed by atoms with Crippen molar-refractivity contribution in [2.24, 2.45) is 5.92 Å². The van der Waals surface area contributed by atoms with Crippen molar-refractivity contribution in [1.29, 1.82) is 0 Å². The van der Waals surface area contributed by atoms with Crippen LogP contribution in [0.3, 0.4) is 0 Å². The number of rotatable bonds is 5. The van der Waals surface area contributed by atoms with Gasteiger partial charge in [0.05, 0.1) is 11.1 Å². The van der Waals surface area contributed by atoms with E-state index in [1.165, 1.54) is 12.1 Å². The van der Waals surface area contributed by atoms with Crippen LogP contribution in [0.2, 0.25) is 5.28 Å². The number of fused-ring (bicyclic) bond motifs is 1. The van der Waals surface area contributed by atoms with E-state index in [1.54, 1.807) is 11.0 Å². The molecule has 1 amide bonds. The molecule has 1 atom stereocenters. The van der Waals surface area contributed by atoms with E-state index in [2.05, 4.69) is 9.97 Å². The van der Waals surface area contributed by atoms with E-state index >= 15 is 0 Å². The lowest BCUT2D eigenvalue weighted by Crippen LogP contribution is -2.52. The normalized spacial score (nSPS) is 15.9. The lowest BCUT2D eigenvalue weighted by atomic mass is 10.0. The van der Waals surface area contributed by atoms with Crippen molar-refractivity contribution in [1.82, 2.24) is 14.9 Å². The number of hydrogen-bond donors (Lipinski definition) is 2. The van der Waals surface area contributed by atoms with Gasteiger partial charge in [-0.1, -0.05) is 13.8 Å². The first-order chi connectivity index (χ1) is 13.3. The molecule has 1 fully saturated rings. The molecule has 8 nitrogen and oxygen atoms in total. The summed E-state index contributed by atoms with van der Waals surface area (Å²) < 4.78 is 0. The molecule has 0 spiro atoms. The number of amides is 1. The van der Waals surface area contributed by atoms with Gasteiger partial charge in [0, 0.05) is 31.6 Å². The highest BCUT2D eigenvalue weighted by molar-refractivity contribution is 6.28. The maximum absolute atomic E-state index is 12.4. The summed E-state index contributed by atoms with van der Waals surface area (Å²) in [5.74, 6) is -0.428. The molecule has 2 N–H and O–H groups in total. The molecule has 2 heterocycles. The number of carbonyl (C=O) groups excluding carboxylic acids is 1. The van der Waals surface area contributed by atoms with E-state index in [1.807, 2.05) is 18.7 Å². The van der Waals surface area contributed by atoms with Crippen LogP contribution in [0, 0.1) is 5.92 Å². The van der Waals surface area contributed by atoms with Crippen LogP contribution in [0.5, 0.6) is 0 Å². The molecule has 1 aliphatic rings. The van der Waals surface area contributed by atoms with Gasteiger partial charge < -0.3 is 20.0 Å². The Morgan fingerprint density at radius 1 is 1.18 bits per heavy atom. The smallest absolute Gasteiger partial charge is 0.335 e. The van der Waals surface area contributed by atoms with Gasteiger partial charge in [0.25, 0.3) is 5.91 Å². The summed E-state index contributed by atoms with van der Waals surface area (Å²) in [5, 5.41) is 20.0. The van der Waals surface area contributed by atoms with Crippen LogP contribution in [0.25, 0.3) is 10.9 Å². The number of piperazine rings is 1. The van der Waals surface area contributed by atoms with Gasteiger partial charge in [-0.2, -0.15) is 4.98 Å². The van der Waals surface area contributed by atoms with Crippen LogP contribution in [0.15, 0.2) is 18.2 Å². The largest absolute Gasteiger partial charge is 0.478 e. The first-order valence-corrected chi connectivity index (χ1v) is 9.56. The summed E-state index contributed by atoms with van der Waals surface area (Å²) in [5.41, 5.74) is 0.587. The summed E-state index contributed by atoms with van der Waals surface area (Å²) in [6, 6.07) is 4.65. The molecule has 3 rings (SSSR count). The van der Waals surface area contributed by atoms with E-state index in [-0.39, 0.29) is 22.7 Å². The van der Waals surface area contributed by atoms with E-state index < -0.39 is 12.1 Å². The summed E-state index contributed by atoms with van der Waals surface area (Å²) in [7, 11) is 0. The predicted octanol–water partition coefficient (Wildman–Crippen LogP) is 2.04. The van der Waals surface area contributed by atoms with Gasteiger partial charge in [0.1, 0.15) is 11.9 Å².